The lowest BCUT2D eigenvalue weighted by atomic mass is 9.89. The number of benzene rings is 1. The van der Waals surface area contributed by atoms with Gasteiger partial charge < -0.3 is 4.74 Å². The molecule has 128 valence electrons. The highest BCUT2D eigenvalue weighted by atomic mass is 16.5. The predicted octanol–water partition coefficient (Wildman–Crippen LogP) is 4.57. The summed E-state index contributed by atoms with van der Waals surface area (Å²) in [6.45, 7) is 8.74. The Kier molecular flexibility index (Phi) is 7.10. The lowest BCUT2D eigenvalue weighted by molar-refractivity contribution is 0.117. The van der Waals surface area contributed by atoms with E-state index in [1.807, 2.05) is 0 Å². The van der Waals surface area contributed by atoms with Crippen LogP contribution in [0.15, 0.2) is 35.4 Å². The molecule has 0 radical (unpaired) electrons. The lowest BCUT2D eigenvalue weighted by Crippen LogP contribution is -2.31. The summed E-state index contributed by atoms with van der Waals surface area (Å²) < 4.78 is 5.37. The third-order valence-corrected chi connectivity index (χ3v) is 4.93. The number of hydrazone groups is 1. The van der Waals surface area contributed by atoms with Crippen LogP contribution < -0.4 is 0 Å². The zero-order valence-corrected chi connectivity index (χ0v) is 15.2. The minimum Gasteiger partial charge on any atom is -0.382 e. The van der Waals surface area contributed by atoms with E-state index in [1.54, 1.807) is 7.11 Å². The molecular formula is C20H32N2O. The standard InChI is InChI=1S/C20H32N2O/c1-5-16(2)14-17(3)20(18-10-7-6-8-11-18)21-22-13-9-12-19(22)15-23-4/h6-8,10-11,16-17,19H,5,9,12-15H2,1-4H3/b21-20-/t16-,17-,19-/m0/s1. The molecule has 0 aromatic heterocycles. The summed E-state index contributed by atoms with van der Waals surface area (Å²) in [6.07, 6.45) is 4.80. The fourth-order valence-electron chi connectivity index (χ4n) is 3.38. The molecule has 1 aliphatic heterocycles. The predicted molar refractivity (Wildman–Crippen MR) is 97.8 cm³/mol. The van der Waals surface area contributed by atoms with Gasteiger partial charge in [0, 0.05) is 19.6 Å². The van der Waals surface area contributed by atoms with E-state index in [0.29, 0.717) is 12.0 Å². The van der Waals surface area contributed by atoms with E-state index in [0.717, 1.165) is 19.1 Å². The van der Waals surface area contributed by atoms with E-state index in [1.165, 1.54) is 37.0 Å². The molecule has 1 fully saturated rings. The third-order valence-electron chi connectivity index (χ3n) is 4.93. The van der Waals surface area contributed by atoms with Crippen LogP contribution in [0.5, 0.6) is 0 Å². The molecule has 0 N–H and O–H groups in total. The second-order valence-corrected chi connectivity index (χ2v) is 6.92. The molecule has 1 saturated heterocycles. The van der Waals surface area contributed by atoms with E-state index in [9.17, 15) is 0 Å². The first kappa shape index (κ1) is 18.0. The molecule has 0 amide bonds. The maximum Gasteiger partial charge on any atom is 0.0705 e. The van der Waals surface area contributed by atoms with Crippen molar-refractivity contribution in [2.75, 3.05) is 20.3 Å². The van der Waals surface area contributed by atoms with E-state index >= 15 is 0 Å². The van der Waals surface area contributed by atoms with Crippen LogP contribution in [0.2, 0.25) is 0 Å². The minimum atomic E-state index is 0.425. The van der Waals surface area contributed by atoms with Gasteiger partial charge in [-0.15, -0.1) is 0 Å². The maximum atomic E-state index is 5.37. The maximum absolute atomic E-state index is 5.37. The van der Waals surface area contributed by atoms with Gasteiger partial charge in [0.15, 0.2) is 0 Å². The molecule has 2 rings (SSSR count). The molecule has 1 heterocycles. The fraction of sp³-hybridized carbons (Fsp3) is 0.650. The van der Waals surface area contributed by atoms with Crippen molar-refractivity contribution in [2.45, 2.75) is 52.5 Å². The largest absolute Gasteiger partial charge is 0.382 e. The summed E-state index contributed by atoms with van der Waals surface area (Å²) in [7, 11) is 1.78. The van der Waals surface area contributed by atoms with E-state index < -0.39 is 0 Å². The van der Waals surface area contributed by atoms with Crippen LogP contribution >= 0.6 is 0 Å². The van der Waals surface area contributed by atoms with Gasteiger partial charge in [0.2, 0.25) is 0 Å². The molecule has 3 nitrogen and oxygen atoms in total. The van der Waals surface area contributed by atoms with Crippen molar-refractivity contribution in [1.29, 1.82) is 0 Å². The Morgan fingerprint density at radius 1 is 1.30 bits per heavy atom. The average molecular weight is 316 g/mol. The Labute approximate surface area is 141 Å². The van der Waals surface area contributed by atoms with Crippen molar-refractivity contribution in [2.24, 2.45) is 16.9 Å². The molecule has 0 spiro atoms. The van der Waals surface area contributed by atoms with Gasteiger partial charge in [-0.1, -0.05) is 57.5 Å². The van der Waals surface area contributed by atoms with Crippen molar-refractivity contribution in [3.8, 4) is 0 Å². The normalized spacial score (nSPS) is 21.5. The average Bonchev–Trinajstić information content (AvgIpc) is 3.00. The van der Waals surface area contributed by atoms with Crippen LogP contribution in [0.3, 0.4) is 0 Å². The summed E-state index contributed by atoms with van der Waals surface area (Å²) in [6, 6.07) is 11.1. The van der Waals surface area contributed by atoms with Gasteiger partial charge in [0.05, 0.1) is 18.4 Å². The number of hydrogen-bond donors (Lipinski definition) is 0. The molecule has 3 heteroatoms. The summed E-state index contributed by atoms with van der Waals surface area (Å²) >= 11 is 0. The first-order valence-electron chi connectivity index (χ1n) is 9.05. The highest BCUT2D eigenvalue weighted by Crippen LogP contribution is 2.24. The van der Waals surface area contributed by atoms with Gasteiger partial charge in [-0.05, 0) is 30.7 Å². The number of methoxy groups -OCH3 is 1. The molecule has 0 unspecified atom stereocenters. The van der Waals surface area contributed by atoms with Gasteiger partial charge in [-0.2, -0.15) is 5.10 Å². The highest BCUT2D eigenvalue weighted by molar-refractivity contribution is 6.01. The Balaban J connectivity index is 2.24. The summed E-state index contributed by atoms with van der Waals surface area (Å²) in [4.78, 5) is 0. The van der Waals surface area contributed by atoms with Gasteiger partial charge in [0.1, 0.15) is 0 Å². The Morgan fingerprint density at radius 3 is 2.70 bits per heavy atom. The first-order valence-corrected chi connectivity index (χ1v) is 9.05. The highest BCUT2D eigenvalue weighted by Gasteiger charge is 2.25. The van der Waals surface area contributed by atoms with Crippen molar-refractivity contribution < 1.29 is 4.74 Å². The smallest absolute Gasteiger partial charge is 0.0705 e. The third kappa shape index (κ3) is 5.07. The van der Waals surface area contributed by atoms with Gasteiger partial charge in [-0.3, -0.25) is 5.01 Å². The van der Waals surface area contributed by atoms with E-state index in [-0.39, 0.29) is 0 Å². The first-order chi connectivity index (χ1) is 11.2. The summed E-state index contributed by atoms with van der Waals surface area (Å²) in [5, 5.41) is 7.37. The second kappa shape index (κ2) is 9.07. The Hall–Kier alpha value is -1.35. The van der Waals surface area contributed by atoms with E-state index in [2.05, 4.69) is 56.1 Å². The fourth-order valence-corrected chi connectivity index (χ4v) is 3.38. The minimum absolute atomic E-state index is 0.425. The zero-order chi connectivity index (χ0) is 16.7. The van der Waals surface area contributed by atoms with Crippen LogP contribution in [0.4, 0.5) is 0 Å². The Morgan fingerprint density at radius 2 is 2.04 bits per heavy atom. The number of rotatable bonds is 8. The molecule has 0 aliphatic carbocycles. The van der Waals surface area contributed by atoms with Gasteiger partial charge in [0.25, 0.3) is 0 Å². The number of hydrogen-bond acceptors (Lipinski definition) is 3. The van der Waals surface area contributed by atoms with Crippen LogP contribution in [-0.4, -0.2) is 37.0 Å². The van der Waals surface area contributed by atoms with Crippen LogP contribution in [-0.2, 0) is 4.74 Å². The Bertz CT molecular complexity index is 486. The van der Waals surface area contributed by atoms with Crippen LogP contribution in [0, 0.1) is 11.8 Å². The molecule has 1 aromatic rings. The zero-order valence-electron chi connectivity index (χ0n) is 15.2. The molecule has 23 heavy (non-hydrogen) atoms. The van der Waals surface area contributed by atoms with Gasteiger partial charge in [-0.25, -0.2) is 0 Å². The number of nitrogens with zero attached hydrogens (tertiary/aromatic N) is 2. The second-order valence-electron chi connectivity index (χ2n) is 6.92. The van der Waals surface area contributed by atoms with Crippen molar-refractivity contribution >= 4 is 5.71 Å². The van der Waals surface area contributed by atoms with Crippen LogP contribution in [0.25, 0.3) is 0 Å². The number of ether oxygens (including phenoxy) is 1. The van der Waals surface area contributed by atoms with E-state index in [4.69, 9.17) is 9.84 Å². The molecule has 1 aliphatic rings. The monoisotopic (exact) mass is 316 g/mol. The lowest BCUT2D eigenvalue weighted by Gasteiger charge is -2.25. The molecular weight excluding hydrogens is 284 g/mol. The van der Waals surface area contributed by atoms with Crippen molar-refractivity contribution in [3.63, 3.8) is 0 Å². The SMILES string of the molecule is CC[C@H](C)C[C@H](C)/C(=N/N1CCC[C@H]1COC)c1ccccc1. The van der Waals surface area contributed by atoms with Crippen molar-refractivity contribution in [3.05, 3.63) is 35.9 Å². The molecule has 3 atom stereocenters. The van der Waals surface area contributed by atoms with Crippen molar-refractivity contribution in [1.82, 2.24) is 5.01 Å². The summed E-state index contributed by atoms with van der Waals surface area (Å²) in [5.74, 6) is 1.20. The van der Waals surface area contributed by atoms with Crippen LogP contribution in [0.1, 0.15) is 52.0 Å². The molecule has 0 saturated carbocycles. The quantitative estimate of drug-likeness (QED) is 0.656. The topological polar surface area (TPSA) is 24.8 Å². The molecule has 1 aromatic carbocycles. The molecule has 0 bridgehead atoms. The van der Waals surface area contributed by atoms with Gasteiger partial charge >= 0.3 is 0 Å². The summed E-state index contributed by atoms with van der Waals surface area (Å²) in [5.41, 5.74) is 2.49.